The van der Waals surface area contributed by atoms with Gasteiger partial charge in [-0.1, -0.05) is 18.2 Å². The highest BCUT2D eigenvalue weighted by atomic mass is 32.2. The fraction of sp³-hybridized carbons (Fsp3) is 0.200. The molecule has 0 aliphatic heterocycles. The smallest absolute Gasteiger partial charge is 0.255 e. The van der Waals surface area contributed by atoms with Gasteiger partial charge in [0.2, 0.25) is 10.0 Å². The maximum atomic E-state index is 13.1. The quantitative estimate of drug-likeness (QED) is 0.669. The Morgan fingerprint density at radius 1 is 1.14 bits per heavy atom. The molecule has 1 amide bonds. The van der Waals surface area contributed by atoms with Crippen LogP contribution in [0, 0.1) is 12.7 Å². The molecule has 0 spiro atoms. The molecule has 3 aromatic rings. The molecule has 0 bridgehead atoms. The average Bonchev–Trinajstić information content (AvgIpc) is 3.08. The number of rotatable bonds is 6. The fourth-order valence-electron chi connectivity index (χ4n) is 2.84. The minimum absolute atomic E-state index is 0.0449. The monoisotopic (exact) mass is 416 g/mol. The normalized spacial score (nSPS) is 11.6. The maximum Gasteiger partial charge on any atom is 0.255 e. The average molecular weight is 416 g/mol. The summed E-state index contributed by atoms with van der Waals surface area (Å²) in [4.78, 5) is 12.8. The summed E-state index contributed by atoms with van der Waals surface area (Å²) in [6.07, 6.45) is 1.43. The molecule has 3 rings (SSSR count). The Morgan fingerprint density at radius 3 is 2.45 bits per heavy atom. The minimum atomic E-state index is -3.63. The molecule has 1 N–H and O–H groups in total. The Labute approximate surface area is 168 Å². The first-order valence-electron chi connectivity index (χ1n) is 8.81. The first-order valence-corrected chi connectivity index (χ1v) is 10.2. The van der Waals surface area contributed by atoms with Gasteiger partial charge in [-0.2, -0.15) is 5.10 Å². The number of halogens is 1. The molecule has 1 aromatic heterocycles. The van der Waals surface area contributed by atoms with Crippen LogP contribution in [0.5, 0.6) is 0 Å². The van der Waals surface area contributed by atoms with Gasteiger partial charge in [-0.3, -0.25) is 4.79 Å². The zero-order valence-electron chi connectivity index (χ0n) is 16.3. The van der Waals surface area contributed by atoms with Gasteiger partial charge >= 0.3 is 0 Å². The summed E-state index contributed by atoms with van der Waals surface area (Å²) in [6, 6.07) is 12.3. The molecule has 0 fully saturated rings. The summed E-state index contributed by atoms with van der Waals surface area (Å²) in [5.41, 5.74) is 2.05. The lowest BCUT2D eigenvalue weighted by Gasteiger charge is -2.15. The van der Waals surface area contributed by atoms with E-state index in [2.05, 4.69) is 10.4 Å². The van der Waals surface area contributed by atoms with Crippen molar-refractivity contribution < 1.29 is 17.6 Å². The molecule has 9 heteroatoms. The molecule has 0 aliphatic carbocycles. The molecule has 0 unspecified atom stereocenters. The van der Waals surface area contributed by atoms with E-state index in [1.165, 1.54) is 38.5 Å². The van der Waals surface area contributed by atoms with Crippen molar-refractivity contribution in [3.8, 4) is 5.69 Å². The van der Waals surface area contributed by atoms with Gasteiger partial charge in [-0.15, -0.1) is 0 Å². The van der Waals surface area contributed by atoms with Crippen molar-refractivity contribution >= 4 is 15.9 Å². The van der Waals surface area contributed by atoms with E-state index < -0.39 is 10.0 Å². The number of carbonyl (C=O) groups excluding carboxylic acids is 1. The molecule has 0 saturated carbocycles. The van der Waals surface area contributed by atoms with Crippen LogP contribution >= 0.6 is 0 Å². The lowest BCUT2D eigenvalue weighted by atomic mass is 10.2. The predicted molar refractivity (Wildman–Crippen MR) is 107 cm³/mol. The van der Waals surface area contributed by atoms with E-state index >= 15 is 0 Å². The lowest BCUT2D eigenvalue weighted by Crippen LogP contribution is -2.27. The topological polar surface area (TPSA) is 84.3 Å². The SMILES string of the molecule is Cc1c(C(=O)NCc2ccccc2S(=O)(=O)N(C)C)cnn1-c1ccc(F)cc1. The van der Waals surface area contributed by atoms with E-state index in [9.17, 15) is 17.6 Å². The van der Waals surface area contributed by atoms with E-state index in [1.54, 1.807) is 41.9 Å². The third-order valence-corrected chi connectivity index (χ3v) is 6.41. The van der Waals surface area contributed by atoms with Crippen LogP contribution in [-0.2, 0) is 16.6 Å². The van der Waals surface area contributed by atoms with Crippen LogP contribution in [-0.4, -0.2) is 42.5 Å². The van der Waals surface area contributed by atoms with E-state index in [4.69, 9.17) is 0 Å². The predicted octanol–water partition coefficient (Wildman–Crippen LogP) is 2.50. The van der Waals surface area contributed by atoms with Crippen molar-refractivity contribution in [2.45, 2.75) is 18.4 Å². The molecule has 0 aliphatic rings. The highest BCUT2D eigenvalue weighted by Gasteiger charge is 2.21. The molecule has 0 atom stereocenters. The lowest BCUT2D eigenvalue weighted by molar-refractivity contribution is 0.0950. The molecule has 7 nitrogen and oxygen atoms in total. The van der Waals surface area contributed by atoms with Crippen molar-refractivity contribution in [3.05, 3.63) is 77.4 Å². The van der Waals surface area contributed by atoms with Crippen LogP contribution in [0.15, 0.2) is 59.6 Å². The van der Waals surface area contributed by atoms with Gasteiger partial charge in [-0.05, 0) is 42.8 Å². The number of nitrogens with one attached hydrogen (secondary N) is 1. The van der Waals surface area contributed by atoms with Crippen molar-refractivity contribution in [1.82, 2.24) is 19.4 Å². The van der Waals surface area contributed by atoms with Gasteiger partial charge in [0.05, 0.1) is 28.0 Å². The standard InChI is InChI=1S/C20H21FN4O3S/c1-14-18(13-23-25(14)17-10-8-16(21)9-11-17)20(26)22-12-15-6-4-5-7-19(15)29(27,28)24(2)3/h4-11,13H,12H2,1-3H3,(H,22,26). The molecular formula is C20H21FN4O3S. The van der Waals surface area contributed by atoms with Crippen LogP contribution < -0.4 is 5.32 Å². The van der Waals surface area contributed by atoms with Crippen LogP contribution in [0.2, 0.25) is 0 Å². The van der Waals surface area contributed by atoms with Crippen LogP contribution in [0.4, 0.5) is 4.39 Å². The number of aromatic nitrogens is 2. The number of hydrogen-bond acceptors (Lipinski definition) is 4. The van der Waals surface area contributed by atoms with Crippen molar-refractivity contribution in [1.29, 1.82) is 0 Å². The molecule has 29 heavy (non-hydrogen) atoms. The molecule has 0 radical (unpaired) electrons. The number of sulfonamides is 1. The Morgan fingerprint density at radius 2 is 1.79 bits per heavy atom. The Hall–Kier alpha value is -3.04. The van der Waals surface area contributed by atoms with E-state index in [0.717, 1.165) is 4.31 Å². The van der Waals surface area contributed by atoms with Gasteiger partial charge in [0.25, 0.3) is 5.91 Å². The van der Waals surface area contributed by atoms with Crippen molar-refractivity contribution in [2.75, 3.05) is 14.1 Å². The number of hydrogen-bond donors (Lipinski definition) is 1. The zero-order chi connectivity index (χ0) is 21.2. The third-order valence-electron chi connectivity index (χ3n) is 4.50. The van der Waals surface area contributed by atoms with E-state index in [1.807, 2.05) is 0 Å². The molecule has 152 valence electrons. The van der Waals surface area contributed by atoms with Crippen molar-refractivity contribution in [2.24, 2.45) is 0 Å². The van der Waals surface area contributed by atoms with Gasteiger partial charge in [0.15, 0.2) is 0 Å². The summed E-state index contributed by atoms with van der Waals surface area (Å²) >= 11 is 0. The summed E-state index contributed by atoms with van der Waals surface area (Å²) in [6.45, 7) is 1.78. The highest BCUT2D eigenvalue weighted by Crippen LogP contribution is 2.19. The second-order valence-corrected chi connectivity index (χ2v) is 8.73. The Kier molecular flexibility index (Phi) is 5.81. The number of carbonyl (C=O) groups is 1. The minimum Gasteiger partial charge on any atom is -0.348 e. The van der Waals surface area contributed by atoms with Crippen LogP contribution in [0.3, 0.4) is 0 Å². The fourth-order valence-corrected chi connectivity index (χ4v) is 3.96. The summed E-state index contributed by atoms with van der Waals surface area (Å²) in [5.74, 6) is -0.740. The largest absolute Gasteiger partial charge is 0.348 e. The van der Waals surface area contributed by atoms with Gasteiger partial charge < -0.3 is 5.32 Å². The van der Waals surface area contributed by atoms with Gasteiger partial charge in [0, 0.05) is 20.6 Å². The first-order chi connectivity index (χ1) is 13.7. The second kappa shape index (κ2) is 8.14. The number of amides is 1. The Bertz CT molecular complexity index is 1140. The molecular weight excluding hydrogens is 395 g/mol. The van der Waals surface area contributed by atoms with E-state index in [0.29, 0.717) is 22.5 Å². The Balaban J connectivity index is 1.80. The summed E-state index contributed by atoms with van der Waals surface area (Å²) in [5, 5.41) is 6.95. The van der Waals surface area contributed by atoms with Gasteiger partial charge in [0.1, 0.15) is 5.82 Å². The summed E-state index contributed by atoms with van der Waals surface area (Å²) in [7, 11) is -0.716. The van der Waals surface area contributed by atoms with E-state index in [-0.39, 0.29) is 23.2 Å². The highest BCUT2D eigenvalue weighted by molar-refractivity contribution is 7.89. The molecule has 2 aromatic carbocycles. The number of nitrogens with zero attached hydrogens (tertiary/aromatic N) is 3. The first kappa shape index (κ1) is 20.7. The summed E-state index contributed by atoms with van der Waals surface area (Å²) < 4.78 is 40.8. The zero-order valence-corrected chi connectivity index (χ0v) is 17.1. The van der Waals surface area contributed by atoms with Gasteiger partial charge in [-0.25, -0.2) is 21.8 Å². The maximum absolute atomic E-state index is 13.1. The number of benzene rings is 2. The van der Waals surface area contributed by atoms with Crippen LogP contribution in [0.25, 0.3) is 5.69 Å². The molecule has 1 heterocycles. The van der Waals surface area contributed by atoms with Crippen LogP contribution in [0.1, 0.15) is 21.6 Å². The molecule has 0 saturated heterocycles. The third kappa shape index (κ3) is 4.20. The second-order valence-electron chi connectivity index (χ2n) is 6.61. The van der Waals surface area contributed by atoms with Crippen molar-refractivity contribution in [3.63, 3.8) is 0 Å².